The van der Waals surface area contributed by atoms with Crippen LogP contribution in [0.4, 0.5) is 0 Å². The number of nitrogens with zero attached hydrogens (tertiary/aromatic N) is 1. The highest BCUT2D eigenvalue weighted by molar-refractivity contribution is 5.98. The molecule has 4 nitrogen and oxygen atoms in total. The maximum atomic E-state index is 9.06. The van der Waals surface area contributed by atoms with Crippen molar-refractivity contribution in [3.8, 4) is 5.75 Å². The molecule has 0 radical (unpaired) electrons. The van der Waals surface area contributed by atoms with E-state index in [2.05, 4.69) is 5.16 Å². The molecule has 0 spiro atoms. The SMILES string of the molecule is C/C(=N\O)c1ccc(OCCC(C)O)cc1. The molecule has 16 heavy (non-hydrogen) atoms. The third-order valence-corrected chi connectivity index (χ3v) is 2.23. The van der Waals surface area contributed by atoms with E-state index >= 15 is 0 Å². The Bertz CT molecular complexity index is 344. The first kappa shape index (κ1) is 12.5. The van der Waals surface area contributed by atoms with E-state index in [1.54, 1.807) is 13.8 Å². The minimum absolute atomic E-state index is 0.344. The summed E-state index contributed by atoms with van der Waals surface area (Å²) in [6.45, 7) is 3.95. The minimum atomic E-state index is -0.344. The summed E-state index contributed by atoms with van der Waals surface area (Å²) in [6, 6.07) is 7.28. The average Bonchev–Trinajstić information content (AvgIpc) is 2.28. The van der Waals surface area contributed by atoms with Crippen molar-refractivity contribution < 1.29 is 15.1 Å². The second-order valence-electron chi connectivity index (χ2n) is 3.70. The van der Waals surface area contributed by atoms with Gasteiger partial charge in [0, 0.05) is 6.42 Å². The Morgan fingerprint density at radius 2 is 2.00 bits per heavy atom. The minimum Gasteiger partial charge on any atom is -0.493 e. The fourth-order valence-electron chi connectivity index (χ4n) is 1.20. The van der Waals surface area contributed by atoms with Crippen LogP contribution in [0.25, 0.3) is 0 Å². The zero-order valence-corrected chi connectivity index (χ0v) is 9.55. The van der Waals surface area contributed by atoms with Crippen molar-refractivity contribution in [2.24, 2.45) is 5.16 Å². The lowest BCUT2D eigenvalue weighted by atomic mass is 10.1. The predicted octanol–water partition coefficient (Wildman–Crippen LogP) is 2.03. The molecule has 0 bridgehead atoms. The van der Waals surface area contributed by atoms with Gasteiger partial charge < -0.3 is 15.1 Å². The molecule has 1 rings (SSSR count). The summed E-state index contributed by atoms with van der Waals surface area (Å²) in [5.41, 5.74) is 1.42. The van der Waals surface area contributed by atoms with E-state index in [9.17, 15) is 0 Å². The molecule has 1 unspecified atom stereocenters. The third-order valence-electron chi connectivity index (χ3n) is 2.23. The van der Waals surface area contributed by atoms with E-state index in [4.69, 9.17) is 15.1 Å². The van der Waals surface area contributed by atoms with Gasteiger partial charge in [-0.1, -0.05) is 5.16 Å². The van der Waals surface area contributed by atoms with E-state index in [-0.39, 0.29) is 6.10 Å². The van der Waals surface area contributed by atoms with Gasteiger partial charge in [0.15, 0.2) is 0 Å². The summed E-state index contributed by atoms with van der Waals surface area (Å²) in [4.78, 5) is 0. The molecular weight excluding hydrogens is 206 g/mol. The van der Waals surface area contributed by atoms with Gasteiger partial charge in [-0.2, -0.15) is 0 Å². The number of aliphatic hydroxyl groups is 1. The summed E-state index contributed by atoms with van der Waals surface area (Å²) in [5.74, 6) is 0.745. The molecular formula is C12H17NO3. The van der Waals surface area contributed by atoms with Gasteiger partial charge >= 0.3 is 0 Å². The Hall–Kier alpha value is -1.55. The zero-order valence-electron chi connectivity index (χ0n) is 9.55. The van der Waals surface area contributed by atoms with Gasteiger partial charge in [0.25, 0.3) is 0 Å². The maximum Gasteiger partial charge on any atom is 0.119 e. The number of benzene rings is 1. The molecule has 1 aromatic rings. The van der Waals surface area contributed by atoms with Gasteiger partial charge in [0.1, 0.15) is 5.75 Å². The largest absolute Gasteiger partial charge is 0.493 e. The number of hydrogen-bond acceptors (Lipinski definition) is 4. The lowest BCUT2D eigenvalue weighted by molar-refractivity contribution is 0.155. The highest BCUT2D eigenvalue weighted by Gasteiger charge is 2.00. The van der Waals surface area contributed by atoms with Crippen molar-refractivity contribution in [3.05, 3.63) is 29.8 Å². The van der Waals surface area contributed by atoms with Gasteiger partial charge in [-0.3, -0.25) is 0 Å². The smallest absolute Gasteiger partial charge is 0.119 e. The quantitative estimate of drug-likeness (QED) is 0.456. The van der Waals surface area contributed by atoms with Crippen LogP contribution in [0.5, 0.6) is 5.75 Å². The molecule has 0 aliphatic carbocycles. The molecule has 0 aliphatic rings. The van der Waals surface area contributed by atoms with Crippen LogP contribution in [0.2, 0.25) is 0 Å². The second-order valence-corrected chi connectivity index (χ2v) is 3.70. The van der Waals surface area contributed by atoms with Gasteiger partial charge in [0.2, 0.25) is 0 Å². The van der Waals surface area contributed by atoms with Crippen LogP contribution in [0.1, 0.15) is 25.8 Å². The van der Waals surface area contributed by atoms with Gasteiger partial charge in [0.05, 0.1) is 18.4 Å². The van der Waals surface area contributed by atoms with E-state index < -0.39 is 0 Å². The third kappa shape index (κ3) is 3.90. The number of hydrogen-bond donors (Lipinski definition) is 2. The Labute approximate surface area is 95.2 Å². The predicted molar refractivity (Wildman–Crippen MR) is 62.2 cm³/mol. The van der Waals surface area contributed by atoms with Crippen LogP contribution < -0.4 is 4.74 Å². The van der Waals surface area contributed by atoms with Crippen LogP contribution >= 0.6 is 0 Å². The molecule has 0 saturated heterocycles. The van der Waals surface area contributed by atoms with Crippen molar-refractivity contribution in [1.29, 1.82) is 0 Å². The van der Waals surface area contributed by atoms with Crippen molar-refractivity contribution in [2.45, 2.75) is 26.4 Å². The van der Waals surface area contributed by atoms with Crippen molar-refractivity contribution in [2.75, 3.05) is 6.61 Å². The Morgan fingerprint density at radius 3 is 2.50 bits per heavy atom. The van der Waals surface area contributed by atoms with E-state index in [1.165, 1.54) is 0 Å². The lowest BCUT2D eigenvalue weighted by Crippen LogP contribution is -2.07. The highest BCUT2D eigenvalue weighted by Crippen LogP contribution is 2.13. The summed E-state index contributed by atoms with van der Waals surface area (Å²) >= 11 is 0. The van der Waals surface area contributed by atoms with Crippen LogP contribution in [-0.4, -0.2) is 28.7 Å². The van der Waals surface area contributed by atoms with E-state index in [1.807, 2.05) is 24.3 Å². The molecule has 2 N–H and O–H groups in total. The zero-order chi connectivity index (χ0) is 12.0. The van der Waals surface area contributed by atoms with E-state index in [0.717, 1.165) is 11.3 Å². The second kappa shape index (κ2) is 6.12. The lowest BCUT2D eigenvalue weighted by Gasteiger charge is -2.08. The normalized spacial score (nSPS) is 13.6. The molecule has 1 aromatic carbocycles. The van der Waals surface area contributed by atoms with Crippen LogP contribution in [0, 0.1) is 0 Å². The molecule has 88 valence electrons. The number of rotatable bonds is 5. The number of aliphatic hydroxyl groups excluding tert-OH is 1. The number of oxime groups is 1. The highest BCUT2D eigenvalue weighted by atomic mass is 16.5. The fourth-order valence-corrected chi connectivity index (χ4v) is 1.20. The van der Waals surface area contributed by atoms with Gasteiger partial charge in [-0.15, -0.1) is 0 Å². The Kier molecular flexibility index (Phi) is 4.79. The number of ether oxygens (including phenoxy) is 1. The topological polar surface area (TPSA) is 62.1 Å². The maximum absolute atomic E-state index is 9.06. The van der Waals surface area contributed by atoms with Gasteiger partial charge in [-0.25, -0.2) is 0 Å². The first-order chi connectivity index (χ1) is 7.63. The standard InChI is InChI=1S/C12H17NO3/c1-9(14)7-8-16-12-5-3-11(4-6-12)10(2)13-15/h3-6,9,14-15H,7-8H2,1-2H3/b13-10+. The Balaban J connectivity index is 2.52. The molecule has 0 fully saturated rings. The summed E-state index contributed by atoms with van der Waals surface area (Å²) in [6.07, 6.45) is 0.266. The summed E-state index contributed by atoms with van der Waals surface area (Å²) < 4.78 is 5.42. The van der Waals surface area contributed by atoms with Crippen molar-refractivity contribution in [3.63, 3.8) is 0 Å². The van der Waals surface area contributed by atoms with Crippen LogP contribution in [0.15, 0.2) is 29.4 Å². The molecule has 0 heterocycles. The molecule has 0 aromatic heterocycles. The van der Waals surface area contributed by atoms with Crippen LogP contribution in [-0.2, 0) is 0 Å². The average molecular weight is 223 g/mol. The monoisotopic (exact) mass is 223 g/mol. The summed E-state index contributed by atoms with van der Waals surface area (Å²) in [5, 5.41) is 20.8. The molecule has 0 aliphatic heterocycles. The van der Waals surface area contributed by atoms with Crippen molar-refractivity contribution >= 4 is 5.71 Å². The fraction of sp³-hybridized carbons (Fsp3) is 0.417. The van der Waals surface area contributed by atoms with Gasteiger partial charge in [-0.05, 0) is 43.7 Å². The molecule has 0 saturated carbocycles. The first-order valence-electron chi connectivity index (χ1n) is 5.23. The Morgan fingerprint density at radius 1 is 1.38 bits per heavy atom. The first-order valence-corrected chi connectivity index (χ1v) is 5.23. The molecule has 1 atom stereocenters. The molecule has 4 heteroatoms. The van der Waals surface area contributed by atoms with Crippen LogP contribution in [0.3, 0.4) is 0 Å². The van der Waals surface area contributed by atoms with Crippen molar-refractivity contribution in [1.82, 2.24) is 0 Å². The van der Waals surface area contributed by atoms with E-state index in [0.29, 0.717) is 18.7 Å². The summed E-state index contributed by atoms with van der Waals surface area (Å²) in [7, 11) is 0. The molecule has 0 amide bonds.